The molecule has 0 N–H and O–H groups in total. The van der Waals surface area contributed by atoms with E-state index in [1.54, 1.807) is 0 Å². The Morgan fingerprint density at radius 2 is 1.79 bits per heavy atom. The normalized spacial score (nSPS) is 9.64. The summed E-state index contributed by atoms with van der Waals surface area (Å²) in [5, 5.41) is 0. The summed E-state index contributed by atoms with van der Waals surface area (Å²) in [4.78, 5) is 11.0. The minimum Gasteiger partial charge on any atom is -0.423 e. The number of hydrogen-bond donors (Lipinski definition) is 0. The molecule has 0 spiro atoms. The van der Waals surface area contributed by atoms with Gasteiger partial charge >= 0.3 is 5.97 Å². The van der Waals surface area contributed by atoms with Crippen molar-refractivity contribution in [3.05, 3.63) is 41.5 Å². The Kier molecular flexibility index (Phi) is 3.07. The standard InChI is InChI=1S/C12H14O2/c1-5-11(13)14-12-9(3)6-8(2)7-10(12)4/h5-7H,1H2,2-4H3. The van der Waals surface area contributed by atoms with Gasteiger partial charge in [0.2, 0.25) is 0 Å². The molecule has 0 unspecified atom stereocenters. The van der Waals surface area contributed by atoms with Crippen LogP contribution in [0.4, 0.5) is 0 Å². The molecule has 0 fully saturated rings. The van der Waals surface area contributed by atoms with Crippen LogP contribution < -0.4 is 4.74 Å². The second kappa shape index (κ2) is 4.09. The van der Waals surface area contributed by atoms with E-state index in [1.807, 2.05) is 32.9 Å². The predicted octanol–water partition coefficient (Wildman–Crippen LogP) is 2.70. The first-order valence-corrected chi connectivity index (χ1v) is 4.46. The van der Waals surface area contributed by atoms with Crippen molar-refractivity contribution in [2.75, 3.05) is 0 Å². The van der Waals surface area contributed by atoms with Gasteiger partial charge in [0.05, 0.1) is 0 Å². The molecule has 0 amide bonds. The van der Waals surface area contributed by atoms with Crippen molar-refractivity contribution in [3.8, 4) is 5.75 Å². The number of hydrogen-bond acceptors (Lipinski definition) is 2. The van der Waals surface area contributed by atoms with Crippen molar-refractivity contribution < 1.29 is 9.53 Å². The molecule has 2 heteroatoms. The number of benzene rings is 1. The molecule has 2 nitrogen and oxygen atoms in total. The average Bonchev–Trinajstić information content (AvgIpc) is 2.10. The second-order valence-corrected chi connectivity index (χ2v) is 3.35. The highest BCUT2D eigenvalue weighted by Crippen LogP contribution is 2.24. The first-order chi connectivity index (χ1) is 6.54. The van der Waals surface area contributed by atoms with E-state index >= 15 is 0 Å². The average molecular weight is 190 g/mol. The van der Waals surface area contributed by atoms with Crippen LogP contribution >= 0.6 is 0 Å². The SMILES string of the molecule is C=CC(=O)Oc1c(C)cc(C)cc1C. The van der Waals surface area contributed by atoms with Crippen LogP contribution in [0.3, 0.4) is 0 Å². The fourth-order valence-electron chi connectivity index (χ4n) is 1.47. The second-order valence-electron chi connectivity index (χ2n) is 3.35. The summed E-state index contributed by atoms with van der Waals surface area (Å²) in [7, 11) is 0. The van der Waals surface area contributed by atoms with Crippen LogP contribution in [0.5, 0.6) is 5.75 Å². The molecule has 0 heterocycles. The molecule has 0 saturated carbocycles. The van der Waals surface area contributed by atoms with Crippen LogP contribution in [-0.2, 0) is 4.79 Å². The third-order valence-corrected chi connectivity index (χ3v) is 1.97. The molecule has 0 aromatic heterocycles. The summed E-state index contributed by atoms with van der Waals surface area (Å²) in [6, 6.07) is 3.97. The Bertz CT molecular complexity index is 355. The van der Waals surface area contributed by atoms with E-state index in [9.17, 15) is 4.79 Å². The summed E-state index contributed by atoms with van der Waals surface area (Å²) in [6.45, 7) is 9.22. The van der Waals surface area contributed by atoms with Crippen molar-refractivity contribution in [3.63, 3.8) is 0 Å². The van der Waals surface area contributed by atoms with E-state index in [0.29, 0.717) is 5.75 Å². The minimum atomic E-state index is -0.417. The molecule has 1 aromatic rings. The van der Waals surface area contributed by atoms with Gasteiger partial charge in [-0.25, -0.2) is 4.79 Å². The lowest BCUT2D eigenvalue weighted by molar-refractivity contribution is -0.129. The third-order valence-electron chi connectivity index (χ3n) is 1.97. The zero-order valence-electron chi connectivity index (χ0n) is 8.76. The molecule has 14 heavy (non-hydrogen) atoms. The zero-order valence-corrected chi connectivity index (χ0v) is 8.76. The van der Waals surface area contributed by atoms with E-state index < -0.39 is 5.97 Å². The fourth-order valence-corrected chi connectivity index (χ4v) is 1.47. The van der Waals surface area contributed by atoms with E-state index in [4.69, 9.17) is 4.74 Å². The molecule has 0 radical (unpaired) electrons. The van der Waals surface area contributed by atoms with Gasteiger partial charge in [-0.3, -0.25) is 0 Å². The first kappa shape index (κ1) is 10.5. The number of aryl methyl sites for hydroxylation is 3. The Balaban J connectivity index is 3.08. The van der Waals surface area contributed by atoms with Crippen molar-refractivity contribution in [1.29, 1.82) is 0 Å². The maximum Gasteiger partial charge on any atom is 0.335 e. The van der Waals surface area contributed by atoms with Gasteiger partial charge in [0.25, 0.3) is 0 Å². The molecule has 0 bridgehead atoms. The van der Waals surface area contributed by atoms with Crippen molar-refractivity contribution >= 4 is 5.97 Å². The summed E-state index contributed by atoms with van der Waals surface area (Å²) >= 11 is 0. The molecule has 74 valence electrons. The molecule has 0 aliphatic rings. The fraction of sp³-hybridized carbons (Fsp3) is 0.250. The molecular weight excluding hydrogens is 176 g/mol. The Morgan fingerprint density at radius 3 is 2.21 bits per heavy atom. The number of carbonyl (C=O) groups excluding carboxylic acids is 1. The predicted molar refractivity (Wildman–Crippen MR) is 56.5 cm³/mol. The van der Waals surface area contributed by atoms with Crippen LogP contribution in [0.1, 0.15) is 16.7 Å². The third kappa shape index (κ3) is 2.22. The van der Waals surface area contributed by atoms with E-state index in [1.165, 1.54) is 11.6 Å². The maximum absolute atomic E-state index is 11.0. The lowest BCUT2D eigenvalue weighted by atomic mass is 10.1. The molecular formula is C12H14O2. The topological polar surface area (TPSA) is 26.3 Å². The Hall–Kier alpha value is -1.57. The summed E-state index contributed by atoms with van der Waals surface area (Å²) < 4.78 is 5.12. The van der Waals surface area contributed by atoms with Gasteiger partial charge < -0.3 is 4.74 Å². The molecule has 1 aromatic carbocycles. The number of rotatable bonds is 2. The minimum absolute atomic E-state index is 0.417. The van der Waals surface area contributed by atoms with Crippen LogP contribution in [0.2, 0.25) is 0 Å². The zero-order chi connectivity index (χ0) is 10.7. The summed E-state index contributed by atoms with van der Waals surface area (Å²) in [5.74, 6) is 0.223. The highest BCUT2D eigenvalue weighted by atomic mass is 16.5. The van der Waals surface area contributed by atoms with Crippen molar-refractivity contribution in [1.82, 2.24) is 0 Å². The van der Waals surface area contributed by atoms with Gasteiger partial charge in [0.1, 0.15) is 5.75 Å². The van der Waals surface area contributed by atoms with Gasteiger partial charge in [0.15, 0.2) is 0 Å². The van der Waals surface area contributed by atoms with Crippen LogP contribution in [-0.4, -0.2) is 5.97 Å². The van der Waals surface area contributed by atoms with Gasteiger partial charge in [0, 0.05) is 6.08 Å². The van der Waals surface area contributed by atoms with Gasteiger partial charge in [-0.15, -0.1) is 0 Å². The quantitative estimate of drug-likeness (QED) is 0.407. The van der Waals surface area contributed by atoms with Crippen molar-refractivity contribution in [2.24, 2.45) is 0 Å². The largest absolute Gasteiger partial charge is 0.423 e. The molecule has 0 aliphatic heterocycles. The lowest BCUT2D eigenvalue weighted by Gasteiger charge is -2.09. The molecule has 1 rings (SSSR count). The maximum atomic E-state index is 11.0. The van der Waals surface area contributed by atoms with E-state index in [2.05, 4.69) is 6.58 Å². The van der Waals surface area contributed by atoms with Crippen LogP contribution in [0.25, 0.3) is 0 Å². The van der Waals surface area contributed by atoms with E-state index in [0.717, 1.165) is 11.1 Å². The number of carbonyl (C=O) groups is 1. The highest BCUT2D eigenvalue weighted by molar-refractivity contribution is 5.83. The smallest absolute Gasteiger partial charge is 0.335 e. The molecule has 0 aliphatic carbocycles. The Morgan fingerprint density at radius 1 is 1.29 bits per heavy atom. The van der Waals surface area contributed by atoms with Gasteiger partial charge in [-0.05, 0) is 31.9 Å². The highest BCUT2D eigenvalue weighted by Gasteiger charge is 2.07. The summed E-state index contributed by atoms with van der Waals surface area (Å²) in [5.41, 5.74) is 3.11. The van der Waals surface area contributed by atoms with Crippen LogP contribution in [0, 0.1) is 20.8 Å². The Labute approximate surface area is 84.2 Å². The van der Waals surface area contributed by atoms with Crippen LogP contribution in [0.15, 0.2) is 24.8 Å². The lowest BCUT2D eigenvalue weighted by Crippen LogP contribution is -2.05. The number of ether oxygens (including phenoxy) is 1. The summed E-state index contributed by atoms with van der Waals surface area (Å²) in [6.07, 6.45) is 1.17. The first-order valence-electron chi connectivity index (χ1n) is 4.46. The monoisotopic (exact) mass is 190 g/mol. The van der Waals surface area contributed by atoms with Gasteiger partial charge in [-0.2, -0.15) is 0 Å². The number of esters is 1. The van der Waals surface area contributed by atoms with Crippen molar-refractivity contribution in [2.45, 2.75) is 20.8 Å². The molecule has 0 atom stereocenters. The van der Waals surface area contributed by atoms with Gasteiger partial charge in [-0.1, -0.05) is 24.3 Å². The molecule has 0 saturated heterocycles. The van der Waals surface area contributed by atoms with E-state index in [-0.39, 0.29) is 0 Å².